The molecule has 0 aromatic heterocycles. The first-order valence-electron chi connectivity index (χ1n) is 9.63. The summed E-state index contributed by atoms with van der Waals surface area (Å²) < 4.78 is 5.91. The summed E-state index contributed by atoms with van der Waals surface area (Å²) in [5, 5.41) is 5.73. The van der Waals surface area contributed by atoms with Gasteiger partial charge in [0.2, 0.25) is 11.8 Å². The minimum absolute atomic E-state index is 0.103. The molecule has 0 bridgehead atoms. The molecule has 0 heterocycles. The van der Waals surface area contributed by atoms with E-state index < -0.39 is 6.04 Å². The molecule has 2 amide bonds. The zero-order valence-corrected chi connectivity index (χ0v) is 15.5. The van der Waals surface area contributed by atoms with Gasteiger partial charge in [0.1, 0.15) is 12.8 Å². The van der Waals surface area contributed by atoms with E-state index in [1.54, 1.807) is 0 Å². The zero-order chi connectivity index (χ0) is 17.5. The summed E-state index contributed by atoms with van der Waals surface area (Å²) >= 11 is 0. The fourth-order valence-electron chi connectivity index (χ4n) is 4.30. The smallest absolute Gasteiger partial charge is 0.244 e. The summed E-state index contributed by atoms with van der Waals surface area (Å²) in [6.45, 7) is 6.23. The van der Waals surface area contributed by atoms with E-state index in [-0.39, 0.29) is 30.6 Å². The van der Waals surface area contributed by atoms with E-state index in [9.17, 15) is 9.59 Å². The molecule has 2 aliphatic rings. The molecule has 2 rings (SSSR count). The van der Waals surface area contributed by atoms with Crippen LogP contribution in [-0.2, 0) is 14.3 Å². The standard InChI is InChI=1S/C19H34N2O3/c1-13-9-10-17(14(2)11-13)24-12-20-19(23)18(21-15(3)22)16-7-5-4-6-8-16/h13-14,16-18H,4-12H2,1-3H3,(H,20,23)(H,21,22). The molecule has 138 valence electrons. The molecule has 5 heteroatoms. The number of nitrogens with one attached hydrogen (secondary N) is 2. The van der Waals surface area contributed by atoms with Crippen LogP contribution in [0.5, 0.6) is 0 Å². The summed E-state index contributed by atoms with van der Waals surface area (Å²) in [5.74, 6) is 1.31. The molecule has 4 atom stereocenters. The Morgan fingerprint density at radius 3 is 2.42 bits per heavy atom. The Balaban J connectivity index is 1.80. The highest BCUT2D eigenvalue weighted by atomic mass is 16.5. The van der Waals surface area contributed by atoms with Crippen molar-refractivity contribution < 1.29 is 14.3 Å². The molecule has 2 fully saturated rings. The minimum atomic E-state index is -0.421. The number of rotatable bonds is 6. The predicted molar refractivity (Wildman–Crippen MR) is 94.2 cm³/mol. The first kappa shape index (κ1) is 19.2. The van der Waals surface area contributed by atoms with E-state index in [1.165, 1.54) is 26.2 Å². The maximum atomic E-state index is 12.5. The first-order valence-corrected chi connectivity index (χ1v) is 9.63. The molecule has 0 aromatic rings. The second-order valence-corrected chi connectivity index (χ2v) is 7.86. The molecule has 0 spiro atoms. The monoisotopic (exact) mass is 338 g/mol. The minimum Gasteiger partial charge on any atom is -0.358 e. The van der Waals surface area contributed by atoms with Crippen molar-refractivity contribution in [1.29, 1.82) is 0 Å². The van der Waals surface area contributed by atoms with Gasteiger partial charge in [0, 0.05) is 6.92 Å². The average molecular weight is 338 g/mol. The molecule has 4 unspecified atom stereocenters. The van der Waals surface area contributed by atoms with Gasteiger partial charge in [-0.15, -0.1) is 0 Å². The van der Waals surface area contributed by atoms with Crippen LogP contribution < -0.4 is 10.6 Å². The van der Waals surface area contributed by atoms with E-state index in [1.807, 2.05) is 0 Å². The highest BCUT2D eigenvalue weighted by molar-refractivity contribution is 5.87. The number of carbonyl (C=O) groups excluding carboxylic acids is 2. The van der Waals surface area contributed by atoms with Crippen LogP contribution in [0.3, 0.4) is 0 Å². The number of ether oxygens (including phenoxy) is 1. The fraction of sp³-hybridized carbons (Fsp3) is 0.895. The number of carbonyl (C=O) groups is 2. The molecular weight excluding hydrogens is 304 g/mol. The van der Waals surface area contributed by atoms with Crippen LogP contribution in [0, 0.1) is 17.8 Å². The number of amides is 2. The van der Waals surface area contributed by atoms with Gasteiger partial charge in [-0.3, -0.25) is 9.59 Å². The van der Waals surface area contributed by atoms with Crippen molar-refractivity contribution in [2.75, 3.05) is 6.73 Å². The van der Waals surface area contributed by atoms with E-state index in [2.05, 4.69) is 24.5 Å². The molecule has 0 aliphatic heterocycles. The van der Waals surface area contributed by atoms with Crippen LogP contribution >= 0.6 is 0 Å². The summed E-state index contributed by atoms with van der Waals surface area (Å²) in [7, 11) is 0. The lowest BCUT2D eigenvalue weighted by Crippen LogP contribution is -2.51. The fourth-order valence-corrected chi connectivity index (χ4v) is 4.30. The average Bonchev–Trinajstić information content (AvgIpc) is 2.55. The van der Waals surface area contributed by atoms with Gasteiger partial charge in [-0.05, 0) is 49.9 Å². The summed E-state index contributed by atoms with van der Waals surface area (Å²) in [5.41, 5.74) is 0. The number of hydrogen-bond donors (Lipinski definition) is 2. The highest BCUT2D eigenvalue weighted by Crippen LogP contribution is 2.30. The third kappa shape index (κ3) is 5.76. The SMILES string of the molecule is CC(=O)NC(C(=O)NCOC1CCC(C)CC1C)C1CCCCC1. The normalized spacial score (nSPS) is 29.7. The topological polar surface area (TPSA) is 67.4 Å². The van der Waals surface area contributed by atoms with E-state index in [4.69, 9.17) is 4.74 Å². The van der Waals surface area contributed by atoms with Crippen LogP contribution in [0.2, 0.25) is 0 Å². The molecule has 24 heavy (non-hydrogen) atoms. The Bertz CT molecular complexity index is 421. The maximum Gasteiger partial charge on any atom is 0.244 e. The second kappa shape index (κ2) is 9.40. The molecule has 0 aromatic carbocycles. The Labute approximate surface area is 146 Å². The molecule has 0 saturated heterocycles. The second-order valence-electron chi connectivity index (χ2n) is 7.86. The highest BCUT2D eigenvalue weighted by Gasteiger charge is 2.31. The predicted octanol–water partition coefficient (Wildman–Crippen LogP) is 2.99. The lowest BCUT2D eigenvalue weighted by Gasteiger charge is -2.33. The lowest BCUT2D eigenvalue weighted by atomic mass is 9.81. The van der Waals surface area contributed by atoms with Crippen LogP contribution in [0.1, 0.15) is 72.1 Å². The first-order chi connectivity index (χ1) is 11.5. The van der Waals surface area contributed by atoms with Gasteiger partial charge in [0.15, 0.2) is 0 Å². The van der Waals surface area contributed by atoms with Gasteiger partial charge in [-0.2, -0.15) is 0 Å². The largest absolute Gasteiger partial charge is 0.358 e. The van der Waals surface area contributed by atoms with E-state index in [0.717, 1.165) is 38.0 Å². The van der Waals surface area contributed by atoms with Crippen LogP contribution in [0.4, 0.5) is 0 Å². The molecule has 0 radical (unpaired) electrons. The van der Waals surface area contributed by atoms with Gasteiger partial charge in [0.25, 0.3) is 0 Å². The van der Waals surface area contributed by atoms with Gasteiger partial charge < -0.3 is 15.4 Å². The number of hydrogen-bond acceptors (Lipinski definition) is 3. The quantitative estimate of drug-likeness (QED) is 0.732. The molecule has 5 nitrogen and oxygen atoms in total. The van der Waals surface area contributed by atoms with E-state index in [0.29, 0.717) is 5.92 Å². The van der Waals surface area contributed by atoms with Crippen molar-refractivity contribution in [1.82, 2.24) is 10.6 Å². The van der Waals surface area contributed by atoms with Crippen LogP contribution in [0.25, 0.3) is 0 Å². The maximum absolute atomic E-state index is 12.5. The molecule has 2 aliphatic carbocycles. The van der Waals surface area contributed by atoms with Crippen molar-refractivity contribution >= 4 is 11.8 Å². The van der Waals surface area contributed by atoms with Crippen molar-refractivity contribution in [3.63, 3.8) is 0 Å². The zero-order valence-electron chi connectivity index (χ0n) is 15.5. The Morgan fingerprint density at radius 2 is 1.79 bits per heavy atom. The van der Waals surface area contributed by atoms with Gasteiger partial charge in [0.05, 0.1) is 6.10 Å². The third-order valence-corrected chi connectivity index (χ3v) is 5.66. The lowest BCUT2D eigenvalue weighted by molar-refractivity contribution is -0.132. The Morgan fingerprint density at radius 1 is 1.08 bits per heavy atom. The summed E-state index contributed by atoms with van der Waals surface area (Å²) in [6, 6.07) is -0.421. The summed E-state index contributed by atoms with van der Waals surface area (Å²) in [6.07, 6.45) is 9.21. The Kier molecular flexibility index (Phi) is 7.53. The molecule has 2 N–H and O–H groups in total. The van der Waals surface area contributed by atoms with E-state index >= 15 is 0 Å². The Hall–Kier alpha value is -1.10. The van der Waals surface area contributed by atoms with Crippen molar-refractivity contribution in [2.24, 2.45) is 17.8 Å². The molecular formula is C19H34N2O3. The van der Waals surface area contributed by atoms with Crippen molar-refractivity contribution in [2.45, 2.75) is 84.3 Å². The molecule has 2 saturated carbocycles. The van der Waals surface area contributed by atoms with Crippen molar-refractivity contribution in [3.8, 4) is 0 Å². The van der Waals surface area contributed by atoms with Gasteiger partial charge >= 0.3 is 0 Å². The van der Waals surface area contributed by atoms with Crippen molar-refractivity contribution in [3.05, 3.63) is 0 Å². The third-order valence-electron chi connectivity index (χ3n) is 5.66. The van der Waals surface area contributed by atoms with Gasteiger partial charge in [-0.25, -0.2) is 0 Å². The van der Waals surface area contributed by atoms with Gasteiger partial charge in [-0.1, -0.05) is 33.1 Å². The summed E-state index contributed by atoms with van der Waals surface area (Å²) in [4.78, 5) is 24.0. The van der Waals surface area contributed by atoms with Crippen LogP contribution in [0.15, 0.2) is 0 Å². The van der Waals surface area contributed by atoms with Crippen LogP contribution in [-0.4, -0.2) is 30.7 Å².